The van der Waals surface area contributed by atoms with Gasteiger partial charge in [-0.2, -0.15) is 0 Å². The summed E-state index contributed by atoms with van der Waals surface area (Å²) in [4.78, 5) is 23.2. The van der Waals surface area contributed by atoms with E-state index >= 15 is 0 Å². The zero-order valence-electron chi connectivity index (χ0n) is 16.8. The first-order valence-corrected chi connectivity index (χ1v) is 9.15. The van der Waals surface area contributed by atoms with Crippen LogP contribution in [-0.2, 0) is 16.1 Å². The van der Waals surface area contributed by atoms with Crippen LogP contribution in [0.1, 0.15) is 29.7 Å². The number of carbonyl (C=O) groups is 1. The maximum absolute atomic E-state index is 12.5. The number of nitrogens with zero attached hydrogens (tertiary/aromatic N) is 1. The minimum Gasteiger partial charge on any atom is -0.497 e. The first-order chi connectivity index (χ1) is 14.4. The Kier molecular flexibility index (Phi) is 6.53. The Morgan fingerprint density at radius 1 is 1.27 bits per heavy atom. The van der Waals surface area contributed by atoms with E-state index in [1.165, 1.54) is 24.3 Å². The van der Waals surface area contributed by atoms with E-state index in [1.54, 1.807) is 32.4 Å². The largest absolute Gasteiger partial charge is 0.497 e. The summed E-state index contributed by atoms with van der Waals surface area (Å²) in [5, 5.41) is 14.0. The van der Waals surface area contributed by atoms with E-state index in [4.69, 9.17) is 18.9 Å². The quantitative estimate of drug-likeness (QED) is 0.420. The number of carbonyl (C=O) groups excluding carboxylic acids is 1. The Balaban J connectivity index is 1.80. The van der Waals surface area contributed by atoms with Crippen molar-refractivity contribution in [2.75, 3.05) is 21.0 Å². The van der Waals surface area contributed by atoms with Crippen LogP contribution in [0.2, 0.25) is 0 Å². The fourth-order valence-corrected chi connectivity index (χ4v) is 3.14. The second-order valence-corrected chi connectivity index (χ2v) is 6.56. The summed E-state index contributed by atoms with van der Waals surface area (Å²) in [7, 11) is 3.11. The minimum atomic E-state index is -0.497. The summed E-state index contributed by atoms with van der Waals surface area (Å²) in [5.74, 6) is 1.36. The molecular formula is C21H22N2O7. The molecule has 1 N–H and O–H groups in total. The van der Waals surface area contributed by atoms with Crippen molar-refractivity contribution in [1.29, 1.82) is 0 Å². The van der Waals surface area contributed by atoms with Crippen LogP contribution >= 0.6 is 0 Å². The van der Waals surface area contributed by atoms with Gasteiger partial charge in [-0.25, -0.2) is 0 Å². The maximum Gasteiger partial charge on any atom is 0.270 e. The number of hydrogen-bond acceptors (Lipinski definition) is 7. The van der Waals surface area contributed by atoms with Gasteiger partial charge in [-0.05, 0) is 31.2 Å². The molecule has 0 fully saturated rings. The molecule has 0 aliphatic carbocycles. The highest BCUT2D eigenvalue weighted by Gasteiger charge is 2.20. The van der Waals surface area contributed by atoms with E-state index in [9.17, 15) is 14.9 Å². The average Bonchev–Trinajstić information content (AvgIpc) is 2.76. The molecule has 9 heteroatoms. The summed E-state index contributed by atoms with van der Waals surface area (Å²) >= 11 is 0. The van der Waals surface area contributed by atoms with Gasteiger partial charge in [0.15, 0.2) is 6.79 Å². The highest BCUT2D eigenvalue weighted by molar-refractivity contribution is 5.92. The number of rotatable bonds is 7. The number of nitro groups is 1. The molecule has 9 nitrogen and oxygen atoms in total. The number of nitrogens with one attached hydrogen (secondary N) is 1. The molecule has 1 atom stereocenters. The van der Waals surface area contributed by atoms with Crippen molar-refractivity contribution in [3.63, 3.8) is 0 Å². The van der Waals surface area contributed by atoms with E-state index < -0.39 is 4.92 Å². The van der Waals surface area contributed by atoms with Crippen LogP contribution in [-0.4, -0.2) is 31.8 Å². The molecule has 0 saturated heterocycles. The lowest BCUT2D eigenvalue weighted by molar-refractivity contribution is -0.385. The van der Waals surface area contributed by atoms with Crippen LogP contribution in [0, 0.1) is 10.1 Å². The summed E-state index contributed by atoms with van der Waals surface area (Å²) < 4.78 is 21.2. The molecule has 158 valence electrons. The summed E-state index contributed by atoms with van der Waals surface area (Å²) in [6.07, 6.45) is 2.79. The van der Waals surface area contributed by atoms with Gasteiger partial charge >= 0.3 is 0 Å². The fraction of sp³-hybridized carbons (Fsp3) is 0.286. The normalized spacial score (nSPS) is 13.8. The molecule has 1 aliphatic rings. The van der Waals surface area contributed by atoms with Gasteiger partial charge in [-0.1, -0.05) is 0 Å². The number of benzene rings is 2. The number of non-ortho nitro benzene ring substituents is 1. The van der Waals surface area contributed by atoms with Gasteiger partial charge < -0.3 is 24.3 Å². The molecule has 1 heterocycles. The van der Waals surface area contributed by atoms with Crippen LogP contribution in [0.4, 0.5) is 5.69 Å². The third-order valence-corrected chi connectivity index (χ3v) is 4.61. The SMILES string of the molecule is COc1ccc(OC)c([C@@H](C)NC(=O)/C=C/c2cc([N+](=O)[O-])cc3c2OCOC3)c1. The van der Waals surface area contributed by atoms with Gasteiger partial charge in [-0.15, -0.1) is 0 Å². The van der Waals surface area contributed by atoms with Crippen molar-refractivity contribution >= 4 is 17.7 Å². The predicted octanol–water partition coefficient (Wildman–Crippen LogP) is 3.37. The van der Waals surface area contributed by atoms with E-state index in [2.05, 4.69) is 5.32 Å². The Labute approximate surface area is 173 Å². The Morgan fingerprint density at radius 3 is 2.77 bits per heavy atom. The van der Waals surface area contributed by atoms with Crippen molar-refractivity contribution < 1.29 is 28.7 Å². The van der Waals surface area contributed by atoms with Crippen molar-refractivity contribution in [2.45, 2.75) is 19.6 Å². The highest BCUT2D eigenvalue weighted by atomic mass is 16.7. The smallest absolute Gasteiger partial charge is 0.270 e. The van der Waals surface area contributed by atoms with Crippen LogP contribution in [0.25, 0.3) is 6.08 Å². The van der Waals surface area contributed by atoms with Crippen molar-refractivity contribution in [3.05, 3.63) is 63.2 Å². The maximum atomic E-state index is 12.5. The first kappa shape index (κ1) is 21.1. The van der Waals surface area contributed by atoms with Crippen LogP contribution in [0.3, 0.4) is 0 Å². The average molecular weight is 414 g/mol. The van der Waals surface area contributed by atoms with E-state index in [-0.39, 0.29) is 31.0 Å². The molecule has 0 aromatic heterocycles. The van der Waals surface area contributed by atoms with Crippen molar-refractivity contribution in [2.24, 2.45) is 0 Å². The van der Waals surface area contributed by atoms with Gasteiger partial charge in [0.2, 0.25) is 5.91 Å². The molecule has 1 aliphatic heterocycles. The lowest BCUT2D eigenvalue weighted by atomic mass is 10.1. The van der Waals surface area contributed by atoms with Crippen LogP contribution < -0.4 is 19.5 Å². The Morgan fingerprint density at radius 2 is 2.07 bits per heavy atom. The molecule has 1 amide bonds. The highest BCUT2D eigenvalue weighted by Crippen LogP contribution is 2.33. The lowest BCUT2D eigenvalue weighted by Gasteiger charge is -2.19. The van der Waals surface area contributed by atoms with Gasteiger partial charge in [0, 0.05) is 34.9 Å². The molecule has 0 unspecified atom stereocenters. The first-order valence-electron chi connectivity index (χ1n) is 9.15. The Bertz CT molecular complexity index is 988. The number of hydrogen-bond donors (Lipinski definition) is 1. The van der Waals surface area contributed by atoms with Crippen LogP contribution in [0.15, 0.2) is 36.4 Å². The molecule has 30 heavy (non-hydrogen) atoms. The molecule has 0 bridgehead atoms. The van der Waals surface area contributed by atoms with Gasteiger partial charge in [0.25, 0.3) is 5.69 Å². The number of amides is 1. The van der Waals surface area contributed by atoms with Crippen molar-refractivity contribution in [1.82, 2.24) is 5.32 Å². The number of fused-ring (bicyclic) bond motifs is 1. The molecule has 3 rings (SSSR count). The zero-order valence-corrected chi connectivity index (χ0v) is 16.8. The van der Waals surface area contributed by atoms with Gasteiger partial charge in [0.1, 0.15) is 17.2 Å². The fourth-order valence-electron chi connectivity index (χ4n) is 3.14. The number of methoxy groups -OCH3 is 2. The second kappa shape index (κ2) is 9.27. The zero-order chi connectivity index (χ0) is 21.7. The lowest BCUT2D eigenvalue weighted by Crippen LogP contribution is -2.25. The second-order valence-electron chi connectivity index (χ2n) is 6.56. The third kappa shape index (κ3) is 4.69. The molecule has 0 saturated carbocycles. The van der Waals surface area contributed by atoms with Gasteiger partial charge in [0.05, 0.1) is 31.8 Å². The topological polar surface area (TPSA) is 109 Å². The molecule has 2 aromatic rings. The summed E-state index contributed by atoms with van der Waals surface area (Å²) in [5.41, 5.74) is 1.65. The summed E-state index contributed by atoms with van der Waals surface area (Å²) in [6.45, 7) is 2.07. The third-order valence-electron chi connectivity index (χ3n) is 4.61. The van der Waals surface area contributed by atoms with E-state index in [1.807, 2.05) is 6.92 Å². The predicted molar refractivity (Wildman–Crippen MR) is 109 cm³/mol. The standard InChI is InChI=1S/C21H22N2O7/c1-13(18-10-17(27-2)5-6-19(18)28-3)22-20(24)7-4-14-8-16(23(25)26)9-15-11-29-12-30-21(14)15/h4-10,13H,11-12H2,1-3H3,(H,22,24)/b7-4+/t13-/m1/s1. The number of nitro benzene ring substituents is 1. The monoisotopic (exact) mass is 414 g/mol. The Hall–Kier alpha value is -3.59. The molecule has 0 spiro atoms. The van der Waals surface area contributed by atoms with E-state index in [0.29, 0.717) is 28.4 Å². The van der Waals surface area contributed by atoms with Gasteiger partial charge in [-0.3, -0.25) is 14.9 Å². The number of ether oxygens (including phenoxy) is 4. The molecule has 2 aromatic carbocycles. The molecular weight excluding hydrogens is 392 g/mol. The van der Waals surface area contributed by atoms with Crippen LogP contribution in [0.5, 0.6) is 17.2 Å². The summed E-state index contributed by atoms with van der Waals surface area (Å²) in [6, 6.07) is 7.73. The molecule has 0 radical (unpaired) electrons. The van der Waals surface area contributed by atoms with Crippen molar-refractivity contribution in [3.8, 4) is 17.2 Å². The minimum absolute atomic E-state index is 0.0461. The van der Waals surface area contributed by atoms with E-state index in [0.717, 1.165) is 5.56 Å².